The molecule has 0 rings (SSSR count). The summed E-state index contributed by atoms with van der Waals surface area (Å²) in [6, 6.07) is -3.78. The molecular formula is C2H3Cl3F2Si. The average molecular weight is 199 g/mol. The topological polar surface area (TPSA) is 0 Å². The summed E-state index contributed by atoms with van der Waals surface area (Å²) in [7, 11) is 0. The molecule has 0 bridgehead atoms. The average Bonchev–Trinajstić information content (AvgIpc) is 1.25. The number of alkyl halides is 2. The van der Waals surface area contributed by atoms with Gasteiger partial charge in [-0.15, -0.1) is 33.2 Å². The monoisotopic (exact) mass is 198 g/mol. The van der Waals surface area contributed by atoms with E-state index in [1.54, 1.807) is 0 Å². The summed E-state index contributed by atoms with van der Waals surface area (Å²) in [6.45, 7) is 0.603. The van der Waals surface area contributed by atoms with Gasteiger partial charge in [0.15, 0.2) is 0 Å². The van der Waals surface area contributed by atoms with Crippen molar-refractivity contribution < 1.29 is 8.78 Å². The lowest BCUT2D eigenvalue weighted by atomic mass is 10.8. The molecule has 0 nitrogen and oxygen atoms in total. The highest BCUT2D eigenvalue weighted by atomic mass is 35.8. The van der Waals surface area contributed by atoms with Crippen LogP contribution in [-0.2, 0) is 0 Å². The largest absolute Gasteiger partial charge is 0.415 e. The summed E-state index contributed by atoms with van der Waals surface area (Å²) in [5, 5.41) is 0. The van der Waals surface area contributed by atoms with E-state index in [1.165, 1.54) is 0 Å². The van der Waals surface area contributed by atoms with Gasteiger partial charge in [-0.05, 0) is 6.92 Å². The molecule has 0 aliphatic carbocycles. The lowest BCUT2D eigenvalue weighted by molar-refractivity contribution is 0.113. The molecule has 0 aromatic heterocycles. The van der Waals surface area contributed by atoms with E-state index in [-0.39, 0.29) is 0 Å². The van der Waals surface area contributed by atoms with E-state index in [2.05, 4.69) is 0 Å². The summed E-state index contributed by atoms with van der Waals surface area (Å²) in [5.41, 5.74) is -3.13. The number of hydrogen-bond donors (Lipinski definition) is 0. The van der Waals surface area contributed by atoms with Gasteiger partial charge in [-0.25, -0.2) is 8.78 Å². The molecule has 0 saturated heterocycles. The van der Waals surface area contributed by atoms with Gasteiger partial charge in [-0.2, -0.15) is 0 Å². The van der Waals surface area contributed by atoms with E-state index in [0.29, 0.717) is 6.92 Å². The van der Waals surface area contributed by atoms with Gasteiger partial charge in [0.1, 0.15) is 0 Å². The lowest BCUT2D eigenvalue weighted by Gasteiger charge is -2.15. The predicted molar refractivity (Wildman–Crippen MR) is 33.9 cm³/mol. The molecule has 0 aromatic rings. The van der Waals surface area contributed by atoms with Crippen LogP contribution in [0.3, 0.4) is 0 Å². The lowest BCUT2D eigenvalue weighted by Crippen LogP contribution is -2.35. The third-order valence-electron chi connectivity index (χ3n) is 0.498. The van der Waals surface area contributed by atoms with Crippen molar-refractivity contribution in [2.45, 2.75) is 12.5 Å². The number of rotatable bonds is 1. The Morgan fingerprint density at radius 2 is 1.38 bits per heavy atom. The van der Waals surface area contributed by atoms with Crippen LogP contribution in [0, 0.1) is 0 Å². The Morgan fingerprint density at radius 3 is 1.38 bits per heavy atom. The Bertz CT molecular complexity index is 70.3. The standard InChI is InChI=1S/C2H3Cl3F2Si/c1-2(6,7)8(3,4)5/h1H3. The van der Waals surface area contributed by atoms with Crippen LogP contribution in [0.4, 0.5) is 8.78 Å². The highest BCUT2D eigenvalue weighted by Crippen LogP contribution is 2.36. The maximum atomic E-state index is 11.9. The molecule has 0 atom stereocenters. The van der Waals surface area contributed by atoms with Crippen LogP contribution in [0.25, 0.3) is 0 Å². The van der Waals surface area contributed by atoms with Gasteiger partial charge < -0.3 is 0 Å². The first kappa shape index (κ1) is 8.95. The van der Waals surface area contributed by atoms with Crippen molar-refractivity contribution in [2.75, 3.05) is 0 Å². The fourth-order valence-electron chi connectivity index (χ4n) is 0. The first-order chi connectivity index (χ1) is 3.25. The van der Waals surface area contributed by atoms with Gasteiger partial charge in [0.2, 0.25) is 0 Å². The van der Waals surface area contributed by atoms with Crippen molar-refractivity contribution in [2.24, 2.45) is 0 Å². The molecule has 0 N–H and O–H groups in total. The van der Waals surface area contributed by atoms with Crippen LogP contribution in [0.5, 0.6) is 0 Å². The smallest absolute Gasteiger partial charge is 0.207 e. The van der Waals surface area contributed by atoms with Crippen molar-refractivity contribution in [1.82, 2.24) is 0 Å². The second-order valence-electron chi connectivity index (χ2n) is 1.39. The van der Waals surface area contributed by atoms with E-state index in [4.69, 9.17) is 33.2 Å². The Kier molecular flexibility index (Phi) is 2.56. The van der Waals surface area contributed by atoms with Crippen LogP contribution < -0.4 is 0 Å². The summed E-state index contributed by atoms with van der Waals surface area (Å²) >= 11 is 14.8. The van der Waals surface area contributed by atoms with Gasteiger partial charge >= 0.3 is 6.00 Å². The molecule has 0 unspecified atom stereocenters. The summed E-state index contributed by atoms with van der Waals surface area (Å²) in [6.07, 6.45) is 0. The maximum absolute atomic E-state index is 11.9. The molecule has 0 fully saturated rings. The van der Waals surface area contributed by atoms with Gasteiger partial charge in [0, 0.05) is 0 Å². The fraction of sp³-hybridized carbons (Fsp3) is 1.00. The molecule has 50 valence electrons. The minimum Gasteiger partial charge on any atom is -0.207 e. The molecule has 0 aromatic carbocycles. The zero-order valence-electron chi connectivity index (χ0n) is 3.89. The first-order valence-electron chi connectivity index (χ1n) is 1.69. The third-order valence-corrected chi connectivity index (χ3v) is 4.48. The predicted octanol–water partition coefficient (Wildman–Crippen LogP) is 2.84. The van der Waals surface area contributed by atoms with E-state index in [0.717, 1.165) is 0 Å². The zero-order chi connectivity index (χ0) is 7.00. The van der Waals surface area contributed by atoms with Crippen molar-refractivity contribution >= 4 is 39.2 Å². The van der Waals surface area contributed by atoms with Crippen LogP contribution >= 0.6 is 33.2 Å². The van der Waals surface area contributed by atoms with Crippen LogP contribution in [0.1, 0.15) is 6.92 Å². The van der Waals surface area contributed by atoms with Gasteiger partial charge in [0.05, 0.1) is 0 Å². The Morgan fingerprint density at radius 1 is 1.25 bits per heavy atom. The normalized spacial score (nSPS) is 14.2. The van der Waals surface area contributed by atoms with Crippen molar-refractivity contribution in [3.63, 3.8) is 0 Å². The summed E-state index contributed by atoms with van der Waals surface area (Å²) in [5.74, 6) is 0. The van der Waals surface area contributed by atoms with E-state index in [9.17, 15) is 8.78 Å². The molecule has 0 saturated carbocycles. The summed E-state index contributed by atoms with van der Waals surface area (Å²) in [4.78, 5) is 0. The second kappa shape index (κ2) is 2.29. The van der Waals surface area contributed by atoms with Crippen LogP contribution in [-0.4, -0.2) is 11.5 Å². The molecule has 8 heavy (non-hydrogen) atoms. The van der Waals surface area contributed by atoms with Crippen molar-refractivity contribution in [1.29, 1.82) is 0 Å². The second-order valence-corrected chi connectivity index (χ2v) is 10.1. The molecule has 0 radical (unpaired) electrons. The van der Waals surface area contributed by atoms with Crippen LogP contribution in [0.2, 0.25) is 0 Å². The number of halogens is 5. The van der Waals surface area contributed by atoms with Gasteiger partial charge in [0.25, 0.3) is 5.55 Å². The van der Waals surface area contributed by atoms with E-state index < -0.39 is 11.5 Å². The Balaban J connectivity index is 4.02. The molecule has 6 heteroatoms. The quantitative estimate of drug-likeness (QED) is 0.450. The Labute approximate surface area is 60.8 Å². The first-order valence-corrected chi connectivity index (χ1v) is 6.73. The third kappa shape index (κ3) is 2.48. The zero-order valence-corrected chi connectivity index (χ0v) is 7.16. The Hall–Kier alpha value is 0.947. The molecule has 0 aliphatic rings. The minimum atomic E-state index is -3.78. The highest BCUT2D eigenvalue weighted by molar-refractivity contribution is 7.65. The van der Waals surface area contributed by atoms with Gasteiger partial charge in [-0.1, -0.05) is 0 Å². The highest BCUT2D eigenvalue weighted by Gasteiger charge is 2.50. The van der Waals surface area contributed by atoms with Crippen LogP contribution in [0.15, 0.2) is 0 Å². The van der Waals surface area contributed by atoms with Crippen molar-refractivity contribution in [3.05, 3.63) is 0 Å². The number of hydrogen-bond acceptors (Lipinski definition) is 0. The van der Waals surface area contributed by atoms with E-state index >= 15 is 0 Å². The van der Waals surface area contributed by atoms with E-state index in [1.807, 2.05) is 0 Å². The minimum absolute atomic E-state index is 0.603. The molecule has 0 heterocycles. The van der Waals surface area contributed by atoms with Crippen molar-refractivity contribution in [3.8, 4) is 0 Å². The maximum Gasteiger partial charge on any atom is 0.415 e. The fourth-order valence-corrected chi connectivity index (χ4v) is 0. The van der Waals surface area contributed by atoms with Gasteiger partial charge in [-0.3, -0.25) is 0 Å². The molecule has 0 spiro atoms. The molecule has 0 amide bonds. The SMILES string of the molecule is CC(F)(F)[Si](Cl)(Cl)Cl. The summed E-state index contributed by atoms with van der Waals surface area (Å²) < 4.78 is 23.8. The molecule has 0 aliphatic heterocycles. The molecular weight excluding hydrogens is 196 g/mol.